The van der Waals surface area contributed by atoms with Crippen LogP contribution >= 0.6 is 0 Å². The molecule has 0 saturated heterocycles. The summed E-state index contributed by atoms with van der Waals surface area (Å²) in [7, 11) is 1.55. The zero-order chi connectivity index (χ0) is 18.2. The maximum atomic E-state index is 12.2. The number of likely N-dealkylation sites (N-methyl/N-ethyl adjacent to an activating group) is 1. The Hall–Kier alpha value is -2.30. The molecule has 1 unspecified atom stereocenters. The number of nitrogens with zero attached hydrogens (tertiary/aromatic N) is 1. The van der Waals surface area contributed by atoms with Crippen molar-refractivity contribution in [1.82, 2.24) is 4.90 Å². The smallest absolute Gasteiger partial charge is 0.410 e. The van der Waals surface area contributed by atoms with Gasteiger partial charge < -0.3 is 9.47 Å². The van der Waals surface area contributed by atoms with Gasteiger partial charge in [0.15, 0.2) is 0 Å². The molecule has 1 aromatic rings. The summed E-state index contributed by atoms with van der Waals surface area (Å²) in [5.41, 5.74) is 0.407. The number of ether oxygens (including phenoxy) is 2. The number of benzene rings is 1. The van der Waals surface area contributed by atoms with Crippen molar-refractivity contribution in [2.24, 2.45) is 0 Å². The Balaban J connectivity index is 2.81. The van der Waals surface area contributed by atoms with Crippen LogP contribution in [-0.2, 0) is 14.3 Å². The average molecular weight is 333 g/mol. The standard InChI is InChI=1S/C19H27NO4/c1-6-23-17(21)16(20(5)18(22)24-19(2,3)4)14-10-13-15-11-8-7-9-12-15/h7-13,16H,6,14H2,1-5H3/b13-10+. The Morgan fingerprint density at radius 1 is 1.21 bits per heavy atom. The Morgan fingerprint density at radius 2 is 1.83 bits per heavy atom. The topological polar surface area (TPSA) is 55.8 Å². The molecular weight excluding hydrogens is 306 g/mol. The Bertz CT molecular complexity index is 560. The monoisotopic (exact) mass is 333 g/mol. The van der Waals surface area contributed by atoms with Gasteiger partial charge in [-0.25, -0.2) is 9.59 Å². The number of carbonyl (C=O) groups is 2. The lowest BCUT2D eigenvalue weighted by Crippen LogP contribution is -2.45. The molecule has 0 aliphatic rings. The molecule has 0 aromatic heterocycles. The second kappa shape index (κ2) is 9.11. The van der Waals surface area contributed by atoms with E-state index in [0.29, 0.717) is 6.42 Å². The van der Waals surface area contributed by atoms with Crippen LogP contribution in [0.1, 0.15) is 39.7 Å². The van der Waals surface area contributed by atoms with Gasteiger partial charge in [0.25, 0.3) is 0 Å². The summed E-state index contributed by atoms with van der Waals surface area (Å²) < 4.78 is 10.4. The van der Waals surface area contributed by atoms with Crippen molar-refractivity contribution in [3.63, 3.8) is 0 Å². The molecule has 1 rings (SSSR count). The molecule has 24 heavy (non-hydrogen) atoms. The van der Waals surface area contributed by atoms with Crippen molar-refractivity contribution in [3.8, 4) is 0 Å². The minimum atomic E-state index is -0.722. The third-order valence-electron chi connectivity index (χ3n) is 3.18. The molecule has 132 valence electrons. The lowest BCUT2D eigenvalue weighted by atomic mass is 10.1. The minimum Gasteiger partial charge on any atom is -0.464 e. The molecule has 1 amide bonds. The summed E-state index contributed by atoms with van der Waals surface area (Å²) in [5, 5.41) is 0. The quantitative estimate of drug-likeness (QED) is 0.741. The van der Waals surface area contributed by atoms with Crippen LogP contribution in [0.5, 0.6) is 0 Å². The van der Waals surface area contributed by atoms with E-state index in [1.54, 1.807) is 34.7 Å². The van der Waals surface area contributed by atoms with E-state index >= 15 is 0 Å². The van der Waals surface area contributed by atoms with Gasteiger partial charge in [0, 0.05) is 7.05 Å². The van der Waals surface area contributed by atoms with E-state index in [9.17, 15) is 9.59 Å². The van der Waals surface area contributed by atoms with E-state index in [1.165, 1.54) is 4.90 Å². The summed E-state index contributed by atoms with van der Waals surface area (Å²) in [5.74, 6) is -0.441. The van der Waals surface area contributed by atoms with Gasteiger partial charge in [0.2, 0.25) is 0 Å². The lowest BCUT2D eigenvalue weighted by Gasteiger charge is -2.29. The van der Waals surface area contributed by atoms with Crippen LogP contribution in [0.25, 0.3) is 6.08 Å². The maximum absolute atomic E-state index is 12.2. The fourth-order valence-electron chi connectivity index (χ4n) is 2.01. The first-order valence-electron chi connectivity index (χ1n) is 8.08. The van der Waals surface area contributed by atoms with Crippen molar-refractivity contribution in [3.05, 3.63) is 42.0 Å². The molecular formula is C19H27NO4. The highest BCUT2D eigenvalue weighted by atomic mass is 16.6. The SMILES string of the molecule is CCOC(=O)C(C/C=C/c1ccccc1)N(C)C(=O)OC(C)(C)C. The van der Waals surface area contributed by atoms with Crippen molar-refractivity contribution >= 4 is 18.1 Å². The molecule has 0 N–H and O–H groups in total. The Morgan fingerprint density at radius 3 is 2.38 bits per heavy atom. The van der Waals surface area contributed by atoms with E-state index in [-0.39, 0.29) is 6.61 Å². The van der Waals surface area contributed by atoms with Crippen molar-refractivity contribution in [1.29, 1.82) is 0 Å². The number of rotatable bonds is 6. The molecule has 5 heteroatoms. The van der Waals surface area contributed by atoms with Crippen LogP contribution in [0.3, 0.4) is 0 Å². The summed E-state index contributed by atoms with van der Waals surface area (Å²) in [6.07, 6.45) is 3.57. The molecule has 0 radical (unpaired) electrons. The van der Waals surface area contributed by atoms with Gasteiger partial charge in [-0.3, -0.25) is 4.90 Å². The third-order valence-corrected chi connectivity index (χ3v) is 3.18. The lowest BCUT2D eigenvalue weighted by molar-refractivity contribution is -0.148. The van der Waals surface area contributed by atoms with Gasteiger partial charge in [-0.2, -0.15) is 0 Å². The van der Waals surface area contributed by atoms with E-state index in [0.717, 1.165) is 5.56 Å². The highest BCUT2D eigenvalue weighted by molar-refractivity contribution is 5.81. The van der Waals surface area contributed by atoms with Gasteiger partial charge in [0.1, 0.15) is 11.6 Å². The normalized spacial score (nSPS) is 12.7. The predicted octanol–water partition coefficient (Wildman–Crippen LogP) is 3.89. The van der Waals surface area contributed by atoms with Crippen LogP contribution in [0.15, 0.2) is 36.4 Å². The molecule has 0 heterocycles. The number of esters is 1. The number of carbonyl (C=O) groups excluding carboxylic acids is 2. The summed E-state index contributed by atoms with van der Waals surface area (Å²) in [6.45, 7) is 7.36. The fourth-order valence-corrected chi connectivity index (χ4v) is 2.01. The van der Waals surface area contributed by atoms with Gasteiger partial charge in [-0.1, -0.05) is 42.5 Å². The predicted molar refractivity (Wildman–Crippen MR) is 94.5 cm³/mol. The van der Waals surface area contributed by atoms with E-state index in [2.05, 4.69) is 0 Å². The zero-order valence-corrected chi connectivity index (χ0v) is 15.1. The average Bonchev–Trinajstić information content (AvgIpc) is 2.50. The first kappa shape index (κ1) is 19.7. The highest BCUT2D eigenvalue weighted by Gasteiger charge is 2.30. The Kier molecular flexibility index (Phi) is 7.49. The second-order valence-corrected chi connectivity index (χ2v) is 6.41. The van der Waals surface area contributed by atoms with Crippen molar-refractivity contribution in [2.45, 2.75) is 45.8 Å². The molecule has 0 spiro atoms. The van der Waals surface area contributed by atoms with Gasteiger partial charge in [-0.05, 0) is 39.7 Å². The molecule has 0 aliphatic heterocycles. The Labute approximate surface area is 144 Å². The molecule has 0 saturated carbocycles. The van der Waals surface area contributed by atoms with Crippen LogP contribution < -0.4 is 0 Å². The van der Waals surface area contributed by atoms with Gasteiger partial charge >= 0.3 is 12.1 Å². The molecule has 5 nitrogen and oxygen atoms in total. The van der Waals surface area contributed by atoms with Crippen molar-refractivity contribution < 1.29 is 19.1 Å². The third kappa shape index (κ3) is 6.86. The summed E-state index contributed by atoms with van der Waals surface area (Å²) >= 11 is 0. The van der Waals surface area contributed by atoms with Crippen LogP contribution in [0.2, 0.25) is 0 Å². The van der Waals surface area contributed by atoms with Crippen LogP contribution in [0, 0.1) is 0 Å². The fraction of sp³-hybridized carbons (Fsp3) is 0.474. The number of hydrogen-bond acceptors (Lipinski definition) is 4. The molecule has 1 atom stereocenters. The second-order valence-electron chi connectivity index (χ2n) is 6.41. The highest BCUT2D eigenvalue weighted by Crippen LogP contribution is 2.14. The van der Waals surface area contributed by atoms with Gasteiger partial charge in [0.05, 0.1) is 6.61 Å². The van der Waals surface area contributed by atoms with E-state index in [4.69, 9.17) is 9.47 Å². The summed E-state index contributed by atoms with van der Waals surface area (Å²) in [6, 6.07) is 9.03. The number of amides is 1. The minimum absolute atomic E-state index is 0.264. The van der Waals surface area contributed by atoms with Crippen molar-refractivity contribution in [2.75, 3.05) is 13.7 Å². The molecule has 0 aliphatic carbocycles. The number of hydrogen-bond donors (Lipinski definition) is 0. The molecule has 1 aromatic carbocycles. The van der Waals surface area contributed by atoms with E-state index in [1.807, 2.05) is 42.5 Å². The molecule has 0 bridgehead atoms. The maximum Gasteiger partial charge on any atom is 0.410 e. The zero-order valence-electron chi connectivity index (χ0n) is 15.1. The molecule has 0 fully saturated rings. The van der Waals surface area contributed by atoms with Crippen LogP contribution in [-0.4, -0.2) is 42.3 Å². The first-order chi connectivity index (χ1) is 11.2. The first-order valence-corrected chi connectivity index (χ1v) is 8.08. The van der Waals surface area contributed by atoms with Crippen LogP contribution in [0.4, 0.5) is 4.79 Å². The largest absolute Gasteiger partial charge is 0.464 e. The van der Waals surface area contributed by atoms with Gasteiger partial charge in [-0.15, -0.1) is 0 Å². The summed E-state index contributed by atoms with van der Waals surface area (Å²) in [4.78, 5) is 25.7. The van der Waals surface area contributed by atoms with E-state index < -0.39 is 23.7 Å².